The average molecular weight is 475 g/mol. The second kappa shape index (κ2) is 13.1. The van der Waals surface area contributed by atoms with Gasteiger partial charge in [-0.3, -0.25) is 4.99 Å². The molecule has 2 amide bonds. The van der Waals surface area contributed by atoms with E-state index in [1.807, 2.05) is 25.2 Å². The summed E-state index contributed by atoms with van der Waals surface area (Å²) in [5, 5.41) is 16.2. The molecule has 34 heavy (non-hydrogen) atoms. The SMILES string of the molecule is C=C/C=C\C=C(/C)C[C@H](N)c1noc([C@H](CCCN=C(N)N)NC(=O)N2CCCC2C(=O)O)n1. The quantitative estimate of drug-likeness (QED) is 0.129. The van der Waals surface area contributed by atoms with Crippen molar-refractivity contribution in [2.24, 2.45) is 22.2 Å². The molecule has 1 unspecified atom stereocenters. The molecule has 1 aliphatic heterocycles. The molecule has 1 aromatic heterocycles. The third-order valence-corrected chi connectivity index (χ3v) is 5.30. The van der Waals surface area contributed by atoms with Gasteiger partial charge in [-0.25, -0.2) is 9.59 Å². The highest BCUT2D eigenvalue weighted by molar-refractivity contribution is 5.83. The normalized spacial score (nSPS) is 18.0. The molecule has 0 aliphatic carbocycles. The Kier molecular flexibility index (Phi) is 10.3. The van der Waals surface area contributed by atoms with Gasteiger partial charge in [-0.1, -0.05) is 41.6 Å². The molecule has 0 radical (unpaired) electrons. The molecule has 0 spiro atoms. The Morgan fingerprint density at radius 1 is 1.41 bits per heavy atom. The number of nitrogens with two attached hydrogens (primary N) is 3. The Bertz CT molecular complexity index is 935. The number of urea groups is 1. The Morgan fingerprint density at radius 3 is 2.85 bits per heavy atom. The third-order valence-electron chi connectivity index (χ3n) is 5.30. The van der Waals surface area contributed by atoms with Crippen LogP contribution in [-0.4, -0.2) is 57.2 Å². The van der Waals surface area contributed by atoms with Crippen molar-refractivity contribution in [1.82, 2.24) is 20.4 Å². The summed E-state index contributed by atoms with van der Waals surface area (Å²) in [6.45, 7) is 6.27. The molecule has 12 heteroatoms. The van der Waals surface area contributed by atoms with E-state index in [2.05, 4.69) is 27.0 Å². The number of carboxylic acids is 1. The lowest BCUT2D eigenvalue weighted by Gasteiger charge is -2.24. The van der Waals surface area contributed by atoms with Crippen molar-refractivity contribution in [3.05, 3.63) is 48.2 Å². The monoisotopic (exact) mass is 474 g/mol. The molecule has 2 rings (SSSR count). The zero-order valence-electron chi connectivity index (χ0n) is 19.4. The topological polar surface area (TPSA) is 199 Å². The van der Waals surface area contributed by atoms with Crippen LogP contribution in [0.4, 0.5) is 4.79 Å². The van der Waals surface area contributed by atoms with Gasteiger partial charge in [0.2, 0.25) is 5.89 Å². The first-order valence-corrected chi connectivity index (χ1v) is 11.1. The summed E-state index contributed by atoms with van der Waals surface area (Å²) in [6.07, 6.45) is 9.73. The number of rotatable bonds is 12. The van der Waals surface area contributed by atoms with Crippen molar-refractivity contribution in [3.63, 3.8) is 0 Å². The first-order valence-electron chi connectivity index (χ1n) is 11.1. The number of amides is 2. The maximum absolute atomic E-state index is 12.8. The number of hydrogen-bond donors (Lipinski definition) is 5. The number of nitrogens with one attached hydrogen (secondary N) is 1. The zero-order valence-corrected chi connectivity index (χ0v) is 19.4. The Labute approximate surface area is 198 Å². The van der Waals surface area contributed by atoms with Gasteiger partial charge in [-0.05, 0) is 39.0 Å². The highest BCUT2D eigenvalue weighted by Crippen LogP contribution is 2.23. The largest absolute Gasteiger partial charge is 0.480 e. The number of carbonyl (C=O) groups is 2. The first-order chi connectivity index (χ1) is 16.2. The van der Waals surface area contributed by atoms with Crippen LogP contribution < -0.4 is 22.5 Å². The maximum atomic E-state index is 12.8. The molecule has 186 valence electrons. The van der Waals surface area contributed by atoms with Gasteiger partial charge in [0.05, 0.1) is 6.04 Å². The molecule has 8 N–H and O–H groups in total. The van der Waals surface area contributed by atoms with Crippen LogP contribution in [0.1, 0.15) is 62.8 Å². The standard InChI is InChI=1S/C22H34N8O4/c1-3-4-5-8-14(2)13-15(23)18-28-19(34-29-18)16(9-6-11-26-21(24)25)27-22(33)30-12-7-10-17(30)20(31)32/h3-5,8,15-17H,1,6-7,9-13,23H2,2H3,(H,27,33)(H,31,32)(H4,24,25,26)/b5-4-,14-8+/t15-,16-,17?/m0/s1. The minimum atomic E-state index is -1.03. The lowest BCUT2D eigenvalue weighted by Crippen LogP contribution is -2.47. The fourth-order valence-corrected chi connectivity index (χ4v) is 3.60. The number of hydrogen-bond acceptors (Lipinski definition) is 7. The summed E-state index contributed by atoms with van der Waals surface area (Å²) in [7, 11) is 0. The van der Waals surface area contributed by atoms with E-state index in [9.17, 15) is 14.7 Å². The number of carbonyl (C=O) groups excluding carboxylic acids is 1. The molecule has 0 bridgehead atoms. The summed E-state index contributed by atoms with van der Waals surface area (Å²) >= 11 is 0. The molecule has 1 aliphatic rings. The van der Waals surface area contributed by atoms with Crippen LogP contribution in [0.2, 0.25) is 0 Å². The molecule has 3 atom stereocenters. The number of aliphatic imine (C=N–C) groups is 1. The predicted octanol–water partition coefficient (Wildman–Crippen LogP) is 1.50. The van der Waals surface area contributed by atoms with Gasteiger partial charge < -0.3 is 37.0 Å². The van der Waals surface area contributed by atoms with Crippen LogP contribution >= 0.6 is 0 Å². The second-order valence-corrected chi connectivity index (χ2v) is 8.08. The number of aromatic nitrogens is 2. The minimum Gasteiger partial charge on any atom is -0.480 e. The fraction of sp³-hybridized carbons (Fsp3) is 0.500. The van der Waals surface area contributed by atoms with E-state index < -0.39 is 30.1 Å². The van der Waals surface area contributed by atoms with E-state index in [0.29, 0.717) is 51.0 Å². The lowest BCUT2D eigenvalue weighted by molar-refractivity contribution is -0.141. The van der Waals surface area contributed by atoms with Crippen molar-refractivity contribution in [2.75, 3.05) is 13.1 Å². The molecule has 2 heterocycles. The second-order valence-electron chi connectivity index (χ2n) is 8.08. The van der Waals surface area contributed by atoms with Crippen LogP contribution in [0.5, 0.6) is 0 Å². The summed E-state index contributed by atoms with van der Waals surface area (Å²) in [6, 6.07) is -2.52. The van der Waals surface area contributed by atoms with Crippen molar-refractivity contribution in [3.8, 4) is 0 Å². The molecular weight excluding hydrogens is 440 g/mol. The highest BCUT2D eigenvalue weighted by Gasteiger charge is 2.35. The van der Waals surface area contributed by atoms with Crippen molar-refractivity contribution in [2.45, 2.75) is 57.2 Å². The molecule has 12 nitrogen and oxygen atoms in total. The number of carboxylic acid groups (broad SMARTS) is 1. The van der Waals surface area contributed by atoms with E-state index >= 15 is 0 Å². The van der Waals surface area contributed by atoms with Crippen molar-refractivity contribution < 1.29 is 19.2 Å². The van der Waals surface area contributed by atoms with E-state index in [0.717, 1.165) is 5.57 Å². The van der Waals surface area contributed by atoms with E-state index in [1.165, 1.54) is 4.90 Å². The number of aliphatic carboxylic acids is 1. The van der Waals surface area contributed by atoms with E-state index in [-0.39, 0.29) is 11.9 Å². The number of likely N-dealkylation sites (tertiary alicyclic amines) is 1. The van der Waals surface area contributed by atoms with Gasteiger partial charge in [0.25, 0.3) is 0 Å². The first kappa shape index (κ1) is 26.6. The maximum Gasteiger partial charge on any atom is 0.326 e. The average Bonchev–Trinajstić information content (AvgIpc) is 3.46. The molecule has 1 fully saturated rings. The zero-order chi connectivity index (χ0) is 25.1. The summed E-state index contributed by atoms with van der Waals surface area (Å²) in [5.41, 5.74) is 18.0. The molecule has 1 aromatic rings. The summed E-state index contributed by atoms with van der Waals surface area (Å²) in [5.74, 6) is -0.569. The summed E-state index contributed by atoms with van der Waals surface area (Å²) in [4.78, 5) is 34.0. The Morgan fingerprint density at radius 2 is 2.18 bits per heavy atom. The Balaban J connectivity index is 2.13. The van der Waals surface area contributed by atoms with Gasteiger partial charge in [-0.2, -0.15) is 4.98 Å². The van der Waals surface area contributed by atoms with Gasteiger partial charge in [0, 0.05) is 13.1 Å². The lowest BCUT2D eigenvalue weighted by atomic mass is 10.1. The number of allylic oxidation sites excluding steroid dienone is 4. The van der Waals surface area contributed by atoms with Crippen molar-refractivity contribution >= 4 is 18.0 Å². The Hall–Kier alpha value is -3.67. The van der Waals surface area contributed by atoms with Crippen molar-refractivity contribution in [1.29, 1.82) is 0 Å². The highest BCUT2D eigenvalue weighted by atomic mass is 16.5. The van der Waals surface area contributed by atoms with Crippen LogP contribution in [0, 0.1) is 0 Å². The minimum absolute atomic E-state index is 0.0284. The van der Waals surface area contributed by atoms with Crippen LogP contribution in [0.25, 0.3) is 0 Å². The fourth-order valence-electron chi connectivity index (χ4n) is 3.60. The third kappa shape index (κ3) is 8.03. The van der Waals surface area contributed by atoms with Gasteiger partial charge in [0.1, 0.15) is 12.1 Å². The number of guanidine groups is 1. The molecule has 0 aromatic carbocycles. The van der Waals surface area contributed by atoms with Gasteiger partial charge in [-0.15, -0.1) is 0 Å². The predicted molar refractivity (Wildman–Crippen MR) is 127 cm³/mol. The van der Waals surface area contributed by atoms with Crippen LogP contribution in [-0.2, 0) is 4.79 Å². The number of nitrogens with zero attached hydrogens (tertiary/aromatic N) is 4. The summed E-state index contributed by atoms with van der Waals surface area (Å²) < 4.78 is 5.42. The van der Waals surface area contributed by atoms with E-state index in [1.54, 1.807) is 6.08 Å². The van der Waals surface area contributed by atoms with Crippen LogP contribution in [0.3, 0.4) is 0 Å². The molecular formula is C22H34N8O4. The van der Waals surface area contributed by atoms with E-state index in [4.69, 9.17) is 21.7 Å². The van der Waals surface area contributed by atoms with Gasteiger partial charge >= 0.3 is 12.0 Å². The molecule has 0 saturated carbocycles. The van der Waals surface area contributed by atoms with Gasteiger partial charge in [0.15, 0.2) is 11.8 Å². The molecule has 1 saturated heterocycles. The van der Waals surface area contributed by atoms with Crippen LogP contribution in [0.15, 0.2) is 46.0 Å². The smallest absolute Gasteiger partial charge is 0.326 e.